The van der Waals surface area contributed by atoms with Gasteiger partial charge in [-0.2, -0.15) is 0 Å². The summed E-state index contributed by atoms with van der Waals surface area (Å²) in [5.41, 5.74) is 10.00. The monoisotopic (exact) mass is 260 g/mol. The van der Waals surface area contributed by atoms with E-state index in [2.05, 4.69) is 11.0 Å². The molecule has 2 rings (SSSR count). The van der Waals surface area contributed by atoms with Crippen LogP contribution >= 0.6 is 12.2 Å². The molecule has 0 spiro atoms. The normalized spacial score (nSPS) is 10.3. The van der Waals surface area contributed by atoms with Crippen molar-refractivity contribution in [2.24, 2.45) is 5.73 Å². The lowest BCUT2D eigenvalue weighted by molar-refractivity contribution is 0.563. The molecule has 0 atom stereocenters. The number of rotatable bonds is 4. The number of thiocarbonyl (C=S) groups is 1. The van der Waals surface area contributed by atoms with Crippen molar-refractivity contribution in [3.63, 3.8) is 0 Å². The van der Waals surface area contributed by atoms with Crippen LogP contribution in [0.3, 0.4) is 0 Å². The zero-order chi connectivity index (χ0) is 13.1. The van der Waals surface area contributed by atoms with Gasteiger partial charge in [-0.05, 0) is 25.1 Å². The third-order valence-corrected chi connectivity index (χ3v) is 3.05. The first-order valence-corrected chi connectivity index (χ1v) is 6.11. The maximum absolute atomic E-state index is 5.78. The van der Waals surface area contributed by atoms with E-state index >= 15 is 0 Å². The lowest BCUT2D eigenvalue weighted by atomic mass is 10.1. The van der Waals surface area contributed by atoms with Gasteiger partial charge in [-0.15, -0.1) is 0 Å². The van der Waals surface area contributed by atoms with Crippen molar-refractivity contribution >= 4 is 22.9 Å². The summed E-state index contributed by atoms with van der Waals surface area (Å²) in [6, 6.07) is 8.07. The molecule has 2 N–H and O–H groups in total. The highest BCUT2D eigenvalue weighted by Gasteiger charge is 2.10. The molecule has 0 aliphatic heterocycles. The zero-order valence-corrected chi connectivity index (χ0v) is 11.3. The minimum Gasteiger partial charge on any atom is -0.472 e. The van der Waals surface area contributed by atoms with E-state index in [4.69, 9.17) is 22.4 Å². The number of aryl methyl sites for hydroxylation is 1. The first-order valence-electron chi connectivity index (χ1n) is 5.70. The lowest BCUT2D eigenvalue weighted by Gasteiger charge is -2.22. The van der Waals surface area contributed by atoms with Gasteiger partial charge in [0.25, 0.3) is 0 Å². The van der Waals surface area contributed by atoms with Gasteiger partial charge in [0.2, 0.25) is 0 Å². The van der Waals surface area contributed by atoms with Crippen molar-refractivity contribution in [3.05, 3.63) is 53.5 Å². The minimum atomic E-state index is 0.424. The lowest BCUT2D eigenvalue weighted by Crippen LogP contribution is -2.21. The highest BCUT2D eigenvalue weighted by Crippen LogP contribution is 2.22. The van der Waals surface area contributed by atoms with Crippen LogP contribution in [0.5, 0.6) is 0 Å². The summed E-state index contributed by atoms with van der Waals surface area (Å²) in [6.45, 7) is 2.79. The van der Waals surface area contributed by atoms with Gasteiger partial charge in [-0.25, -0.2) is 0 Å². The topological polar surface area (TPSA) is 42.4 Å². The van der Waals surface area contributed by atoms with Crippen LogP contribution in [0.1, 0.15) is 16.7 Å². The Bertz CT molecular complexity index is 549. The quantitative estimate of drug-likeness (QED) is 0.858. The fraction of sp³-hybridized carbons (Fsp3) is 0.214. The molecule has 18 heavy (non-hydrogen) atoms. The standard InChI is InChI=1S/C14H16N2OS/c1-10-3-4-13(12(7-10)14(15)18)16(2)8-11-5-6-17-9-11/h3-7,9H,8H2,1-2H3,(H2,15,18). The van der Waals surface area contributed by atoms with E-state index in [9.17, 15) is 0 Å². The molecule has 1 aromatic carbocycles. The average molecular weight is 260 g/mol. The Morgan fingerprint density at radius 3 is 2.78 bits per heavy atom. The highest BCUT2D eigenvalue weighted by atomic mass is 32.1. The number of hydrogen-bond donors (Lipinski definition) is 1. The second-order valence-corrected chi connectivity index (χ2v) is 4.81. The molecule has 4 heteroatoms. The van der Waals surface area contributed by atoms with Gasteiger partial charge in [0.15, 0.2) is 0 Å². The van der Waals surface area contributed by atoms with Crippen molar-refractivity contribution in [2.75, 3.05) is 11.9 Å². The first-order chi connectivity index (χ1) is 8.58. The van der Waals surface area contributed by atoms with Crippen molar-refractivity contribution < 1.29 is 4.42 Å². The predicted molar refractivity (Wildman–Crippen MR) is 77.9 cm³/mol. The number of benzene rings is 1. The molecular formula is C14H16N2OS. The number of nitrogens with zero attached hydrogens (tertiary/aromatic N) is 1. The molecule has 0 radical (unpaired) electrons. The third kappa shape index (κ3) is 2.71. The molecule has 0 fully saturated rings. The number of nitrogens with two attached hydrogens (primary N) is 1. The summed E-state index contributed by atoms with van der Waals surface area (Å²) < 4.78 is 5.07. The van der Waals surface area contributed by atoms with E-state index in [-0.39, 0.29) is 0 Å². The van der Waals surface area contributed by atoms with Crippen LogP contribution in [-0.2, 0) is 6.54 Å². The maximum Gasteiger partial charge on any atom is 0.106 e. The molecule has 0 unspecified atom stereocenters. The molecule has 3 nitrogen and oxygen atoms in total. The van der Waals surface area contributed by atoms with Crippen LogP contribution in [0.15, 0.2) is 41.2 Å². The summed E-state index contributed by atoms with van der Waals surface area (Å²) in [5, 5.41) is 0. The molecule has 1 heterocycles. The largest absolute Gasteiger partial charge is 0.472 e. The van der Waals surface area contributed by atoms with E-state index in [1.807, 2.05) is 32.2 Å². The van der Waals surface area contributed by atoms with Gasteiger partial charge in [0, 0.05) is 30.4 Å². The number of hydrogen-bond acceptors (Lipinski definition) is 3. The van der Waals surface area contributed by atoms with Crippen LogP contribution in [-0.4, -0.2) is 12.0 Å². The molecule has 0 saturated heterocycles. The van der Waals surface area contributed by atoms with Crippen LogP contribution in [0.4, 0.5) is 5.69 Å². The van der Waals surface area contributed by atoms with E-state index in [1.54, 1.807) is 12.5 Å². The van der Waals surface area contributed by atoms with Crippen LogP contribution < -0.4 is 10.6 Å². The molecule has 0 saturated carbocycles. The van der Waals surface area contributed by atoms with Crippen molar-refractivity contribution in [2.45, 2.75) is 13.5 Å². The summed E-state index contributed by atoms with van der Waals surface area (Å²) in [5.74, 6) is 0. The van der Waals surface area contributed by atoms with Crippen molar-refractivity contribution in [1.29, 1.82) is 0 Å². The van der Waals surface area contributed by atoms with E-state index < -0.39 is 0 Å². The Morgan fingerprint density at radius 2 is 2.17 bits per heavy atom. The SMILES string of the molecule is Cc1ccc(N(C)Cc2ccoc2)c(C(N)=S)c1. The Labute approximate surface area is 112 Å². The molecule has 0 amide bonds. The average Bonchev–Trinajstić information content (AvgIpc) is 2.81. The van der Waals surface area contributed by atoms with Crippen LogP contribution in [0.2, 0.25) is 0 Å². The fourth-order valence-corrected chi connectivity index (χ4v) is 2.09. The second-order valence-electron chi connectivity index (χ2n) is 4.37. The zero-order valence-electron chi connectivity index (χ0n) is 10.5. The molecule has 1 aromatic heterocycles. The highest BCUT2D eigenvalue weighted by molar-refractivity contribution is 7.80. The number of anilines is 1. The van der Waals surface area contributed by atoms with Crippen molar-refractivity contribution in [1.82, 2.24) is 0 Å². The second kappa shape index (κ2) is 5.23. The van der Waals surface area contributed by atoms with Gasteiger partial charge >= 0.3 is 0 Å². The predicted octanol–water partition coefficient (Wildman–Crippen LogP) is 2.86. The van der Waals surface area contributed by atoms with Gasteiger partial charge < -0.3 is 15.1 Å². The van der Waals surface area contributed by atoms with Gasteiger partial charge in [-0.3, -0.25) is 0 Å². The van der Waals surface area contributed by atoms with Crippen molar-refractivity contribution in [3.8, 4) is 0 Å². The Kier molecular flexibility index (Phi) is 3.67. The van der Waals surface area contributed by atoms with Gasteiger partial charge in [0.1, 0.15) is 4.99 Å². The first kappa shape index (κ1) is 12.6. The van der Waals surface area contributed by atoms with Gasteiger partial charge in [0.05, 0.1) is 12.5 Å². The fourth-order valence-electron chi connectivity index (χ4n) is 1.92. The van der Waals surface area contributed by atoms with E-state index in [0.717, 1.165) is 28.9 Å². The maximum atomic E-state index is 5.78. The molecule has 0 bridgehead atoms. The molecule has 0 aliphatic rings. The summed E-state index contributed by atoms with van der Waals surface area (Å²) in [7, 11) is 2.01. The summed E-state index contributed by atoms with van der Waals surface area (Å²) in [6.07, 6.45) is 3.41. The minimum absolute atomic E-state index is 0.424. The molecule has 2 aromatic rings. The van der Waals surface area contributed by atoms with Crippen LogP contribution in [0, 0.1) is 6.92 Å². The number of furan rings is 1. The third-order valence-electron chi connectivity index (χ3n) is 2.83. The van der Waals surface area contributed by atoms with Crippen LogP contribution in [0.25, 0.3) is 0 Å². The smallest absolute Gasteiger partial charge is 0.106 e. The van der Waals surface area contributed by atoms with Gasteiger partial charge in [-0.1, -0.05) is 23.8 Å². The molecular weight excluding hydrogens is 244 g/mol. The Hall–Kier alpha value is -1.81. The Balaban J connectivity index is 2.29. The summed E-state index contributed by atoms with van der Waals surface area (Å²) >= 11 is 5.11. The molecule has 0 aliphatic carbocycles. The molecule has 94 valence electrons. The summed E-state index contributed by atoms with van der Waals surface area (Å²) in [4.78, 5) is 2.53. The van der Waals surface area contributed by atoms with E-state index in [1.165, 1.54) is 0 Å². The Morgan fingerprint density at radius 1 is 1.39 bits per heavy atom. The van der Waals surface area contributed by atoms with E-state index in [0.29, 0.717) is 4.99 Å².